The highest BCUT2D eigenvalue weighted by molar-refractivity contribution is 7.93. The summed E-state index contributed by atoms with van der Waals surface area (Å²) >= 11 is 0. The fraction of sp³-hybridized carbons (Fsp3) is 0.409. The van der Waals surface area contributed by atoms with Gasteiger partial charge in [0.1, 0.15) is 19.3 Å². The Hall–Kier alpha value is -2.79. The van der Waals surface area contributed by atoms with Gasteiger partial charge in [-0.05, 0) is 44.5 Å². The molecule has 33 heavy (non-hydrogen) atoms. The zero-order valence-electron chi connectivity index (χ0n) is 18.4. The largest absolute Gasteiger partial charge is 0.486 e. The fourth-order valence-electron chi connectivity index (χ4n) is 3.90. The maximum atomic E-state index is 13.7. The molecule has 0 aliphatic carbocycles. The first kappa shape index (κ1) is 23.4. The van der Waals surface area contributed by atoms with E-state index in [-0.39, 0.29) is 16.4 Å². The Labute approximate surface area is 193 Å². The van der Waals surface area contributed by atoms with Gasteiger partial charge in [0.2, 0.25) is 5.91 Å². The molecule has 1 amide bonds. The number of nitrogens with zero attached hydrogens (tertiary/aromatic N) is 1. The van der Waals surface area contributed by atoms with Gasteiger partial charge in [-0.1, -0.05) is 17.7 Å². The van der Waals surface area contributed by atoms with Crippen LogP contribution in [0.4, 0.5) is 5.69 Å². The minimum atomic E-state index is -4.18. The summed E-state index contributed by atoms with van der Waals surface area (Å²) in [4.78, 5) is 13.0. The number of sulfonamides is 1. The third-order valence-electron chi connectivity index (χ3n) is 5.67. The molecule has 4 rings (SSSR count). The summed E-state index contributed by atoms with van der Waals surface area (Å²) in [5, 5.41) is 2.70. The molecule has 2 heterocycles. The monoisotopic (exact) mass is 494 g/mol. The first-order valence-electron chi connectivity index (χ1n) is 10.6. The molecular formula is C22H26N2O7S2. The van der Waals surface area contributed by atoms with Crippen molar-refractivity contribution in [2.45, 2.75) is 37.2 Å². The highest BCUT2D eigenvalue weighted by Gasteiger charge is 2.36. The number of carbonyl (C=O) groups excluding carboxylic acids is 1. The number of carbonyl (C=O) groups is 1. The van der Waals surface area contributed by atoms with Crippen molar-refractivity contribution in [1.82, 2.24) is 5.32 Å². The van der Waals surface area contributed by atoms with E-state index in [1.165, 1.54) is 25.1 Å². The third kappa shape index (κ3) is 4.93. The third-order valence-corrected chi connectivity index (χ3v) is 9.33. The van der Waals surface area contributed by atoms with Gasteiger partial charge in [-0.15, -0.1) is 0 Å². The van der Waals surface area contributed by atoms with Crippen LogP contribution in [0.5, 0.6) is 11.5 Å². The molecule has 0 spiro atoms. The molecule has 178 valence electrons. The quantitative estimate of drug-likeness (QED) is 0.649. The van der Waals surface area contributed by atoms with Gasteiger partial charge in [0, 0.05) is 12.1 Å². The van der Waals surface area contributed by atoms with Crippen LogP contribution in [0.1, 0.15) is 18.9 Å². The maximum absolute atomic E-state index is 13.7. The number of ether oxygens (including phenoxy) is 2. The maximum Gasteiger partial charge on any atom is 0.265 e. The number of rotatable bonds is 6. The molecule has 1 N–H and O–H groups in total. The molecule has 9 nitrogen and oxygen atoms in total. The predicted octanol–water partition coefficient (Wildman–Crippen LogP) is 1.65. The highest BCUT2D eigenvalue weighted by Crippen LogP contribution is 2.35. The molecule has 2 aromatic carbocycles. The first-order chi connectivity index (χ1) is 15.6. The zero-order chi connectivity index (χ0) is 23.8. The van der Waals surface area contributed by atoms with E-state index in [1.54, 1.807) is 24.3 Å². The first-order valence-corrected chi connectivity index (χ1v) is 13.8. The summed E-state index contributed by atoms with van der Waals surface area (Å²) in [5.74, 6) is 0.0579. The Balaban J connectivity index is 1.68. The summed E-state index contributed by atoms with van der Waals surface area (Å²) in [6.07, 6.45) is 0.306. The van der Waals surface area contributed by atoms with Crippen LogP contribution in [0.15, 0.2) is 47.4 Å². The topological polar surface area (TPSA) is 119 Å². The van der Waals surface area contributed by atoms with Crippen LogP contribution < -0.4 is 19.1 Å². The van der Waals surface area contributed by atoms with Crippen molar-refractivity contribution in [2.24, 2.45) is 0 Å². The average Bonchev–Trinajstić information content (AvgIpc) is 3.12. The zero-order valence-corrected chi connectivity index (χ0v) is 20.0. The van der Waals surface area contributed by atoms with Crippen LogP contribution in [0.2, 0.25) is 0 Å². The van der Waals surface area contributed by atoms with Gasteiger partial charge < -0.3 is 14.8 Å². The number of anilines is 1. The Kier molecular flexibility index (Phi) is 6.28. The molecule has 2 aromatic rings. The molecule has 0 saturated carbocycles. The van der Waals surface area contributed by atoms with Gasteiger partial charge in [0.25, 0.3) is 10.0 Å². The lowest BCUT2D eigenvalue weighted by molar-refractivity contribution is -0.122. The van der Waals surface area contributed by atoms with E-state index in [0.717, 1.165) is 9.87 Å². The lowest BCUT2D eigenvalue weighted by Gasteiger charge is -2.31. The van der Waals surface area contributed by atoms with Crippen molar-refractivity contribution >= 4 is 31.5 Å². The van der Waals surface area contributed by atoms with E-state index in [1.807, 2.05) is 6.92 Å². The molecule has 0 unspecified atom stereocenters. The Bertz CT molecular complexity index is 1260. The Morgan fingerprint density at radius 1 is 1.09 bits per heavy atom. The number of hydrogen-bond donors (Lipinski definition) is 1. The molecule has 0 aromatic heterocycles. The molecule has 0 radical (unpaired) electrons. The lowest BCUT2D eigenvalue weighted by atomic mass is 10.2. The number of sulfone groups is 1. The normalized spacial score (nSPS) is 20.1. The van der Waals surface area contributed by atoms with Crippen LogP contribution in [0.25, 0.3) is 0 Å². The standard InChI is InChI=1S/C22H26N2O7S2/c1-15-3-5-18(6-4-15)24(16(2)22(25)23-17-9-12-32(26,27)14-17)33(28,29)19-7-8-20-21(13-19)31-11-10-30-20/h3-8,13,16-17H,9-12,14H2,1-2H3,(H,23,25)/t16-,17+/m0/s1. The number of benzene rings is 2. The van der Waals surface area contributed by atoms with Gasteiger partial charge in [-0.2, -0.15) is 0 Å². The SMILES string of the molecule is Cc1ccc(N([C@@H](C)C(=O)N[C@@H]2CCS(=O)(=O)C2)S(=O)(=O)c2ccc3c(c2)OCCO3)cc1. The highest BCUT2D eigenvalue weighted by atomic mass is 32.2. The van der Waals surface area contributed by atoms with Gasteiger partial charge in [0.05, 0.1) is 22.1 Å². The summed E-state index contributed by atoms with van der Waals surface area (Å²) in [6.45, 7) is 4.04. The minimum Gasteiger partial charge on any atom is -0.486 e. The van der Waals surface area contributed by atoms with Crippen molar-refractivity contribution in [3.05, 3.63) is 48.0 Å². The molecule has 1 saturated heterocycles. The van der Waals surface area contributed by atoms with Crippen molar-refractivity contribution in [1.29, 1.82) is 0 Å². The summed E-state index contributed by atoms with van der Waals surface area (Å²) < 4.78 is 63.1. The summed E-state index contributed by atoms with van der Waals surface area (Å²) in [5.41, 5.74) is 1.25. The van der Waals surface area contributed by atoms with E-state index in [4.69, 9.17) is 9.47 Å². The van der Waals surface area contributed by atoms with Gasteiger partial charge in [-0.25, -0.2) is 16.8 Å². The fourth-order valence-corrected chi connectivity index (χ4v) is 7.20. The lowest BCUT2D eigenvalue weighted by Crippen LogP contribution is -2.50. The second-order valence-corrected chi connectivity index (χ2v) is 12.3. The number of fused-ring (bicyclic) bond motifs is 1. The van der Waals surface area contributed by atoms with Crippen LogP contribution in [0.3, 0.4) is 0 Å². The number of hydrogen-bond acceptors (Lipinski definition) is 7. The second kappa shape index (κ2) is 8.86. The predicted molar refractivity (Wildman–Crippen MR) is 123 cm³/mol. The van der Waals surface area contributed by atoms with Crippen LogP contribution in [-0.4, -0.2) is 59.5 Å². The summed E-state index contributed by atoms with van der Waals surface area (Å²) in [6, 6.07) is 9.45. The minimum absolute atomic E-state index is 0.00347. The Morgan fingerprint density at radius 3 is 2.39 bits per heavy atom. The van der Waals surface area contributed by atoms with Crippen LogP contribution in [0, 0.1) is 6.92 Å². The van der Waals surface area contributed by atoms with Crippen LogP contribution in [-0.2, 0) is 24.7 Å². The van der Waals surface area contributed by atoms with Crippen molar-refractivity contribution in [3.63, 3.8) is 0 Å². The summed E-state index contributed by atoms with van der Waals surface area (Å²) in [7, 11) is -7.38. The van der Waals surface area contributed by atoms with Crippen molar-refractivity contribution < 1.29 is 31.1 Å². The second-order valence-electron chi connectivity index (χ2n) is 8.23. The van der Waals surface area contributed by atoms with E-state index in [2.05, 4.69) is 5.32 Å². The molecule has 2 aliphatic heterocycles. The van der Waals surface area contributed by atoms with Crippen molar-refractivity contribution in [2.75, 3.05) is 29.0 Å². The van der Waals surface area contributed by atoms with Crippen LogP contribution >= 0.6 is 0 Å². The number of nitrogens with one attached hydrogen (secondary N) is 1. The Morgan fingerprint density at radius 2 is 1.76 bits per heavy atom. The van der Waals surface area contributed by atoms with Gasteiger partial charge in [0.15, 0.2) is 21.3 Å². The van der Waals surface area contributed by atoms with Gasteiger partial charge in [-0.3, -0.25) is 9.10 Å². The molecule has 1 fully saturated rings. The number of amides is 1. The van der Waals surface area contributed by atoms with E-state index in [0.29, 0.717) is 36.8 Å². The molecular weight excluding hydrogens is 468 g/mol. The molecule has 0 bridgehead atoms. The molecule has 2 aliphatic rings. The molecule has 2 atom stereocenters. The van der Waals surface area contributed by atoms with Gasteiger partial charge >= 0.3 is 0 Å². The van der Waals surface area contributed by atoms with E-state index < -0.39 is 37.9 Å². The van der Waals surface area contributed by atoms with E-state index >= 15 is 0 Å². The van der Waals surface area contributed by atoms with E-state index in [9.17, 15) is 21.6 Å². The molecule has 11 heteroatoms. The number of aryl methyl sites for hydroxylation is 1. The van der Waals surface area contributed by atoms with Crippen molar-refractivity contribution in [3.8, 4) is 11.5 Å². The smallest absolute Gasteiger partial charge is 0.265 e. The average molecular weight is 495 g/mol.